The fourth-order valence-corrected chi connectivity index (χ4v) is 2.60. The van der Waals surface area contributed by atoms with Crippen LogP contribution in [0.3, 0.4) is 0 Å². The lowest BCUT2D eigenvalue weighted by atomic mass is 10.2. The van der Waals surface area contributed by atoms with Gasteiger partial charge in [-0.15, -0.1) is 0 Å². The molecule has 0 saturated carbocycles. The van der Waals surface area contributed by atoms with Crippen molar-refractivity contribution in [1.82, 2.24) is 19.9 Å². The van der Waals surface area contributed by atoms with E-state index < -0.39 is 0 Å². The Morgan fingerprint density at radius 1 is 1.15 bits per heavy atom. The van der Waals surface area contributed by atoms with Gasteiger partial charge < -0.3 is 5.73 Å². The van der Waals surface area contributed by atoms with Gasteiger partial charge in [-0.3, -0.25) is 4.98 Å². The number of rotatable bonds is 7. The summed E-state index contributed by atoms with van der Waals surface area (Å²) in [6.07, 6.45) is 5.96. The highest BCUT2D eigenvalue weighted by molar-refractivity contribution is 7.99. The van der Waals surface area contributed by atoms with Gasteiger partial charge in [0, 0.05) is 17.6 Å². The topological polar surface area (TPSA) is 77.6 Å². The number of pyridine rings is 1. The Morgan fingerprint density at radius 3 is 2.80 bits per heavy atom. The fourth-order valence-electron chi connectivity index (χ4n) is 1.74. The molecule has 5 nitrogen and oxygen atoms in total. The second kappa shape index (κ2) is 7.79. The second-order valence-electron chi connectivity index (χ2n) is 4.45. The third-order valence-electron chi connectivity index (χ3n) is 2.72. The standard InChI is InChI=1S/C14H19N5S/c1-2-3-6-9-20-14-18-12(17-13(15)19-14)10-11-7-4-5-8-16-11/h4-5,7-8H,2-3,6,9-10H2,1H3,(H2,15,17,18,19). The molecule has 0 radical (unpaired) electrons. The number of nitrogen functional groups attached to an aromatic ring is 1. The highest BCUT2D eigenvalue weighted by atomic mass is 32.2. The van der Waals surface area contributed by atoms with Crippen LogP contribution in [-0.2, 0) is 6.42 Å². The maximum absolute atomic E-state index is 5.75. The van der Waals surface area contributed by atoms with E-state index in [1.165, 1.54) is 19.3 Å². The van der Waals surface area contributed by atoms with Gasteiger partial charge in [0.2, 0.25) is 5.95 Å². The molecule has 2 aromatic rings. The SMILES string of the molecule is CCCCCSc1nc(N)nc(Cc2ccccn2)n1. The zero-order valence-electron chi connectivity index (χ0n) is 11.6. The number of anilines is 1. The minimum Gasteiger partial charge on any atom is -0.368 e. The van der Waals surface area contributed by atoms with E-state index in [-0.39, 0.29) is 5.95 Å². The van der Waals surface area contributed by atoms with Gasteiger partial charge in [0.25, 0.3) is 0 Å². The third-order valence-corrected chi connectivity index (χ3v) is 3.66. The molecule has 0 fully saturated rings. The molecule has 0 aromatic carbocycles. The summed E-state index contributed by atoms with van der Waals surface area (Å²) >= 11 is 1.64. The normalized spacial score (nSPS) is 10.7. The van der Waals surface area contributed by atoms with Crippen LogP contribution in [0.5, 0.6) is 0 Å². The Labute approximate surface area is 123 Å². The molecule has 2 rings (SSSR count). The Morgan fingerprint density at radius 2 is 2.05 bits per heavy atom. The smallest absolute Gasteiger partial charge is 0.224 e. The molecule has 2 N–H and O–H groups in total. The Bertz CT molecular complexity index is 532. The fraction of sp³-hybridized carbons (Fsp3) is 0.429. The second-order valence-corrected chi connectivity index (χ2v) is 5.51. The van der Waals surface area contributed by atoms with Gasteiger partial charge in [0.05, 0.1) is 6.42 Å². The molecular formula is C14H19N5S. The first-order valence-electron chi connectivity index (χ1n) is 6.81. The lowest BCUT2D eigenvalue weighted by Crippen LogP contribution is -2.06. The summed E-state index contributed by atoms with van der Waals surface area (Å²) in [5.41, 5.74) is 6.68. The molecular weight excluding hydrogens is 270 g/mol. The van der Waals surface area contributed by atoms with Crippen molar-refractivity contribution in [3.63, 3.8) is 0 Å². The molecule has 2 heterocycles. The minimum absolute atomic E-state index is 0.281. The van der Waals surface area contributed by atoms with Gasteiger partial charge in [0.1, 0.15) is 5.82 Å². The Balaban J connectivity index is 2.01. The molecule has 0 unspecified atom stereocenters. The van der Waals surface area contributed by atoms with Crippen molar-refractivity contribution in [2.75, 3.05) is 11.5 Å². The zero-order valence-corrected chi connectivity index (χ0v) is 12.4. The molecule has 0 amide bonds. The molecule has 0 spiro atoms. The summed E-state index contributed by atoms with van der Waals surface area (Å²) in [5, 5.41) is 0.708. The van der Waals surface area contributed by atoms with Crippen molar-refractivity contribution in [3.8, 4) is 0 Å². The number of nitrogens with two attached hydrogens (primary N) is 1. The molecule has 0 aliphatic rings. The van der Waals surface area contributed by atoms with Crippen molar-refractivity contribution in [1.29, 1.82) is 0 Å². The first kappa shape index (κ1) is 14.7. The van der Waals surface area contributed by atoms with Crippen LogP contribution in [0.15, 0.2) is 29.6 Å². The van der Waals surface area contributed by atoms with E-state index in [4.69, 9.17) is 5.73 Å². The summed E-state index contributed by atoms with van der Waals surface area (Å²) < 4.78 is 0. The zero-order chi connectivity index (χ0) is 14.2. The van der Waals surface area contributed by atoms with E-state index in [1.807, 2.05) is 18.2 Å². The van der Waals surface area contributed by atoms with Crippen LogP contribution in [-0.4, -0.2) is 25.7 Å². The molecule has 0 atom stereocenters. The Kier molecular flexibility index (Phi) is 5.73. The van der Waals surface area contributed by atoms with E-state index in [0.717, 1.165) is 11.4 Å². The number of nitrogens with zero attached hydrogens (tertiary/aromatic N) is 4. The summed E-state index contributed by atoms with van der Waals surface area (Å²) in [7, 11) is 0. The van der Waals surface area contributed by atoms with E-state index in [0.29, 0.717) is 17.4 Å². The summed E-state index contributed by atoms with van der Waals surface area (Å²) in [6.45, 7) is 2.19. The summed E-state index contributed by atoms with van der Waals surface area (Å²) in [4.78, 5) is 17.1. The number of hydrogen-bond acceptors (Lipinski definition) is 6. The average Bonchev–Trinajstić information content (AvgIpc) is 2.44. The summed E-state index contributed by atoms with van der Waals surface area (Å²) in [5.74, 6) is 1.97. The Hall–Kier alpha value is -1.69. The monoisotopic (exact) mass is 289 g/mol. The maximum atomic E-state index is 5.75. The maximum Gasteiger partial charge on any atom is 0.224 e. The van der Waals surface area contributed by atoms with Crippen LogP contribution < -0.4 is 5.73 Å². The van der Waals surface area contributed by atoms with Gasteiger partial charge >= 0.3 is 0 Å². The van der Waals surface area contributed by atoms with Crippen LogP contribution in [0.1, 0.15) is 37.7 Å². The quantitative estimate of drug-likeness (QED) is 0.624. The molecule has 106 valence electrons. The van der Waals surface area contributed by atoms with Gasteiger partial charge in [-0.2, -0.15) is 9.97 Å². The van der Waals surface area contributed by atoms with Crippen molar-refractivity contribution in [2.45, 2.75) is 37.8 Å². The van der Waals surface area contributed by atoms with Crippen molar-refractivity contribution < 1.29 is 0 Å². The molecule has 2 aromatic heterocycles. The largest absolute Gasteiger partial charge is 0.368 e. The number of hydrogen-bond donors (Lipinski definition) is 1. The first-order chi connectivity index (χ1) is 9.78. The first-order valence-corrected chi connectivity index (χ1v) is 7.79. The van der Waals surface area contributed by atoms with Gasteiger partial charge in [0.15, 0.2) is 5.16 Å². The van der Waals surface area contributed by atoms with Gasteiger partial charge in [-0.1, -0.05) is 37.6 Å². The van der Waals surface area contributed by atoms with E-state index in [1.54, 1.807) is 18.0 Å². The lowest BCUT2D eigenvalue weighted by Gasteiger charge is -2.04. The van der Waals surface area contributed by atoms with Crippen molar-refractivity contribution in [2.24, 2.45) is 0 Å². The predicted octanol–water partition coefficient (Wildman–Crippen LogP) is 2.72. The van der Waals surface area contributed by atoms with Crippen LogP contribution in [0.2, 0.25) is 0 Å². The van der Waals surface area contributed by atoms with Crippen LogP contribution in [0.4, 0.5) is 5.95 Å². The number of thioether (sulfide) groups is 1. The van der Waals surface area contributed by atoms with Crippen LogP contribution in [0.25, 0.3) is 0 Å². The number of aromatic nitrogens is 4. The summed E-state index contributed by atoms with van der Waals surface area (Å²) in [6, 6.07) is 5.79. The van der Waals surface area contributed by atoms with Crippen molar-refractivity contribution in [3.05, 3.63) is 35.9 Å². The van der Waals surface area contributed by atoms with E-state index in [9.17, 15) is 0 Å². The lowest BCUT2D eigenvalue weighted by molar-refractivity contribution is 0.774. The number of unbranched alkanes of at least 4 members (excludes halogenated alkanes) is 2. The van der Waals surface area contributed by atoms with Crippen LogP contribution >= 0.6 is 11.8 Å². The molecule has 0 bridgehead atoms. The van der Waals surface area contributed by atoms with Crippen molar-refractivity contribution >= 4 is 17.7 Å². The molecule has 0 aliphatic carbocycles. The van der Waals surface area contributed by atoms with Gasteiger partial charge in [-0.05, 0) is 18.6 Å². The van der Waals surface area contributed by atoms with Crippen LogP contribution in [0, 0.1) is 0 Å². The third kappa shape index (κ3) is 4.77. The highest BCUT2D eigenvalue weighted by Crippen LogP contribution is 2.16. The predicted molar refractivity (Wildman–Crippen MR) is 81.5 cm³/mol. The molecule has 0 saturated heterocycles. The molecule has 6 heteroatoms. The highest BCUT2D eigenvalue weighted by Gasteiger charge is 2.06. The van der Waals surface area contributed by atoms with E-state index >= 15 is 0 Å². The minimum atomic E-state index is 0.281. The van der Waals surface area contributed by atoms with Gasteiger partial charge in [-0.25, -0.2) is 4.98 Å². The molecule has 20 heavy (non-hydrogen) atoms. The van der Waals surface area contributed by atoms with E-state index in [2.05, 4.69) is 26.9 Å². The average molecular weight is 289 g/mol. The molecule has 0 aliphatic heterocycles.